The van der Waals surface area contributed by atoms with Gasteiger partial charge in [0.15, 0.2) is 0 Å². The van der Waals surface area contributed by atoms with Crippen LogP contribution in [0.1, 0.15) is 18.4 Å². The standard InChI is InChI=1S/C12H17N3O2/c13-11(15-17)7-4-8-14-12(16)9-10-5-2-1-3-6-10/h1-3,5-6,17H,4,7-9H2,(H2,13,15)(H,14,16). The number of carbonyl (C=O) groups is 1. The Balaban J connectivity index is 2.18. The number of hydrogen-bond donors (Lipinski definition) is 3. The molecule has 0 spiro atoms. The molecule has 0 heterocycles. The summed E-state index contributed by atoms with van der Waals surface area (Å²) >= 11 is 0. The van der Waals surface area contributed by atoms with Crippen LogP contribution >= 0.6 is 0 Å². The first-order valence-corrected chi connectivity index (χ1v) is 5.49. The summed E-state index contributed by atoms with van der Waals surface area (Å²) in [6, 6.07) is 9.55. The molecule has 1 amide bonds. The maximum Gasteiger partial charge on any atom is 0.224 e. The molecule has 17 heavy (non-hydrogen) atoms. The summed E-state index contributed by atoms with van der Waals surface area (Å²) in [7, 11) is 0. The van der Waals surface area contributed by atoms with Crippen molar-refractivity contribution in [1.82, 2.24) is 5.32 Å². The molecule has 0 aliphatic rings. The average Bonchev–Trinajstić information content (AvgIpc) is 2.35. The minimum atomic E-state index is -0.0179. The number of nitrogens with zero attached hydrogens (tertiary/aromatic N) is 1. The maximum absolute atomic E-state index is 11.5. The number of carbonyl (C=O) groups excluding carboxylic acids is 1. The summed E-state index contributed by atoms with van der Waals surface area (Å²) in [6.07, 6.45) is 1.52. The molecule has 5 heteroatoms. The second-order valence-electron chi connectivity index (χ2n) is 3.71. The Bertz CT molecular complexity index is 377. The number of hydrogen-bond acceptors (Lipinski definition) is 3. The molecular weight excluding hydrogens is 218 g/mol. The third-order valence-electron chi connectivity index (χ3n) is 2.27. The molecule has 0 fully saturated rings. The molecule has 0 aliphatic carbocycles. The molecule has 92 valence electrons. The van der Waals surface area contributed by atoms with E-state index in [1.165, 1.54) is 0 Å². The Morgan fingerprint density at radius 1 is 1.35 bits per heavy atom. The van der Waals surface area contributed by atoms with Crippen LogP contribution < -0.4 is 11.1 Å². The molecule has 0 radical (unpaired) electrons. The number of nitrogens with two attached hydrogens (primary N) is 1. The van der Waals surface area contributed by atoms with E-state index in [2.05, 4.69) is 10.5 Å². The van der Waals surface area contributed by atoms with E-state index in [0.717, 1.165) is 5.56 Å². The van der Waals surface area contributed by atoms with Crippen LogP contribution in [-0.2, 0) is 11.2 Å². The molecule has 0 saturated heterocycles. The second-order valence-corrected chi connectivity index (χ2v) is 3.71. The van der Waals surface area contributed by atoms with Crippen molar-refractivity contribution in [1.29, 1.82) is 0 Å². The lowest BCUT2D eigenvalue weighted by atomic mass is 10.1. The zero-order chi connectivity index (χ0) is 12.5. The van der Waals surface area contributed by atoms with Crippen LogP contribution in [0.15, 0.2) is 35.5 Å². The smallest absolute Gasteiger partial charge is 0.224 e. The van der Waals surface area contributed by atoms with Crippen molar-refractivity contribution in [3.63, 3.8) is 0 Å². The molecule has 0 aromatic heterocycles. The van der Waals surface area contributed by atoms with Gasteiger partial charge in [-0.1, -0.05) is 35.5 Å². The minimum absolute atomic E-state index is 0.0179. The zero-order valence-electron chi connectivity index (χ0n) is 9.60. The van der Waals surface area contributed by atoms with Crippen LogP contribution in [0.25, 0.3) is 0 Å². The average molecular weight is 235 g/mol. The van der Waals surface area contributed by atoms with Gasteiger partial charge < -0.3 is 16.3 Å². The molecule has 1 rings (SSSR count). The largest absolute Gasteiger partial charge is 0.409 e. The first kappa shape index (κ1) is 13.0. The number of rotatable bonds is 6. The molecule has 0 atom stereocenters. The van der Waals surface area contributed by atoms with Gasteiger partial charge in [-0.2, -0.15) is 0 Å². The van der Waals surface area contributed by atoms with E-state index in [4.69, 9.17) is 10.9 Å². The summed E-state index contributed by atoms with van der Waals surface area (Å²) in [5.41, 5.74) is 6.29. The van der Waals surface area contributed by atoms with Crippen molar-refractivity contribution >= 4 is 11.7 Å². The van der Waals surface area contributed by atoms with Crippen LogP contribution in [0.3, 0.4) is 0 Å². The Morgan fingerprint density at radius 3 is 2.71 bits per heavy atom. The predicted molar refractivity (Wildman–Crippen MR) is 65.8 cm³/mol. The lowest BCUT2D eigenvalue weighted by Crippen LogP contribution is -2.27. The molecule has 0 saturated carbocycles. The number of amidine groups is 1. The Labute approximate surface area is 100 Å². The fraction of sp³-hybridized carbons (Fsp3) is 0.333. The molecule has 1 aromatic carbocycles. The second kappa shape index (κ2) is 7.27. The van der Waals surface area contributed by atoms with Gasteiger partial charge in [0, 0.05) is 13.0 Å². The molecule has 1 aromatic rings. The summed E-state index contributed by atoms with van der Waals surface area (Å²) < 4.78 is 0. The highest BCUT2D eigenvalue weighted by atomic mass is 16.4. The highest BCUT2D eigenvalue weighted by Gasteiger charge is 2.02. The van der Waals surface area contributed by atoms with Crippen LogP contribution in [0.2, 0.25) is 0 Å². The fourth-order valence-electron chi connectivity index (χ4n) is 1.39. The maximum atomic E-state index is 11.5. The van der Waals surface area contributed by atoms with Gasteiger partial charge >= 0.3 is 0 Å². The van der Waals surface area contributed by atoms with Crippen molar-refractivity contribution in [3.8, 4) is 0 Å². The molecule has 0 unspecified atom stereocenters. The summed E-state index contributed by atoms with van der Waals surface area (Å²) in [4.78, 5) is 11.5. The van der Waals surface area contributed by atoms with Gasteiger partial charge in [-0.05, 0) is 12.0 Å². The van der Waals surface area contributed by atoms with Crippen molar-refractivity contribution in [2.24, 2.45) is 10.9 Å². The minimum Gasteiger partial charge on any atom is -0.409 e. The summed E-state index contributed by atoms with van der Waals surface area (Å²) in [6.45, 7) is 0.530. The number of benzene rings is 1. The van der Waals surface area contributed by atoms with E-state index in [9.17, 15) is 4.79 Å². The van der Waals surface area contributed by atoms with Gasteiger partial charge in [-0.25, -0.2) is 0 Å². The van der Waals surface area contributed by atoms with Crippen molar-refractivity contribution in [3.05, 3.63) is 35.9 Å². The van der Waals surface area contributed by atoms with Gasteiger partial charge in [0.1, 0.15) is 5.84 Å². The molecule has 0 aliphatic heterocycles. The van der Waals surface area contributed by atoms with E-state index in [-0.39, 0.29) is 11.7 Å². The highest BCUT2D eigenvalue weighted by Crippen LogP contribution is 1.99. The number of amides is 1. The number of nitrogens with one attached hydrogen (secondary N) is 1. The van der Waals surface area contributed by atoms with Crippen molar-refractivity contribution in [2.45, 2.75) is 19.3 Å². The van der Waals surface area contributed by atoms with E-state index in [0.29, 0.717) is 25.8 Å². The Morgan fingerprint density at radius 2 is 2.06 bits per heavy atom. The Hall–Kier alpha value is -2.04. The van der Waals surface area contributed by atoms with E-state index in [1.54, 1.807) is 0 Å². The fourth-order valence-corrected chi connectivity index (χ4v) is 1.39. The molecule has 5 nitrogen and oxygen atoms in total. The molecular formula is C12H17N3O2. The van der Waals surface area contributed by atoms with Gasteiger partial charge in [0.2, 0.25) is 5.91 Å². The lowest BCUT2D eigenvalue weighted by Gasteiger charge is -2.04. The third kappa shape index (κ3) is 5.55. The van der Waals surface area contributed by atoms with Gasteiger partial charge in [0.25, 0.3) is 0 Å². The van der Waals surface area contributed by atoms with Crippen LogP contribution in [0, 0.1) is 0 Å². The lowest BCUT2D eigenvalue weighted by molar-refractivity contribution is -0.120. The first-order valence-electron chi connectivity index (χ1n) is 5.49. The van der Waals surface area contributed by atoms with E-state index < -0.39 is 0 Å². The van der Waals surface area contributed by atoms with Crippen LogP contribution in [-0.4, -0.2) is 23.5 Å². The van der Waals surface area contributed by atoms with Gasteiger partial charge in [0.05, 0.1) is 6.42 Å². The normalized spacial score (nSPS) is 11.2. The molecule has 0 bridgehead atoms. The SMILES string of the molecule is N/C(CCCNC(=O)Cc1ccccc1)=N/O. The predicted octanol–water partition coefficient (Wildman–Crippen LogP) is 0.872. The van der Waals surface area contributed by atoms with Crippen molar-refractivity contribution in [2.75, 3.05) is 6.54 Å². The summed E-state index contributed by atoms with van der Waals surface area (Å²) in [5, 5.41) is 13.9. The first-order chi connectivity index (χ1) is 8.22. The van der Waals surface area contributed by atoms with E-state index >= 15 is 0 Å². The third-order valence-corrected chi connectivity index (χ3v) is 2.27. The zero-order valence-corrected chi connectivity index (χ0v) is 9.60. The van der Waals surface area contributed by atoms with E-state index in [1.807, 2.05) is 30.3 Å². The van der Waals surface area contributed by atoms with Crippen LogP contribution in [0.5, 0.6) is 0 Å². The van der Waals surface area contributed by atoms with Gasteiger partial charge in [-0.3, -0.25) is 4.79 Å². The summed E-state index contributed by atoms with van der Waals surface area (Å²) in [5.74, 6) is 0.165. The van der Waals surface area contributed by atoms with Crippen molar-refractivity contribution < 1.29 is 10.0 Å². The quantitative estimate of drug-likeness (QED) is 0.225. The van der Waals surface area contributed by atoms with Crippen LogP contribution in [0.4, 0.5) is 0 Å². The van der Waals surface area contributed by atoms with Gasteiger partial charge in [-0.15, -0.1) is 0 Å². The topological polar surface area (TPSA) is 87.7 Å². The highest BCUT2D eigenvalue weighted by molar-refractivity contribution is 5.80. The number of oxime groups is 1. The Kier molecular flexibility index (Phi) is 5.57. The molecule has 4 N–H and O–H groups in total. The monoisotopic (exact) mass is 235 g/mol.